The molecule has 2 fully saturated rings. The molecular weight excluding hydrogens is 344 g/mol. The molecule has 1 aromatic heterocycles. The van der Waals surface area contributed by atoms with E-state index in [0.717, 1.165) is 40.6 Å². The minimum absolute atomic E-state index is 0.144. The smallest absolute Gasteiger partial charge is 0.305 e. The summed E-state index contributed by atoms with van der Waals surface area (Å²) in [5.41, 5.74) is 3.65. The van der Waals surface area contributed by atoms with Crippen molar-refractivity contribution in [1.29, 1.82) is 0 Å². The first-order valence-corrected chi connectivity index (χ1v) is 9.41. The Morgan fingerprint density at radius 2 is 2.07 bits per heavy atom. The number of pyridine rings is 1. The zero-order valence-electron chi connectivity index (χ0n) is 15.7. The van der Waals surface area contributed by atoms with Crippen molar-refractivity contribution < 1.29 is 19.4 Å². The van der Waals surface area contributed by atoms with Crippen LogP contribution in [0.4, 0.5) is 0 Å². The van der Waals surface area contributed by atoms with Gasteiger partial charge in [-0.3, -0.25) is 14.6 Å². The molecule has 2 N–H and O–H groups in total. The number of aliphatic carboxylic acids is 1. The Morgan fingerprint density at radius 3 is 2.70 bits per heavy atom. The second-order valence-electron chi connectivity index (χ2n) is 7.95. The molecule has 1 saturated heterocycles. The maximum atomic E-state index is 13.2. The summed E-state index contributed by atoms with van der Waals surface area (Å²) >= 11 is 0. The highest BCUT2D eigenvalue weighted by Gasteiger charge is 2.39. The van der Waals surface area contributed by atoms with Crippen LogP contribution < -0.4 is 5.32 Å². The second-order valence-corrected chi connectivity index (χ2v) is 7.95. The number of aryl methyl sites for hydroxylation is 2. The summed E-state index contributed by atoms with van der Waals surface area (Å²) in [7, 11) is 0. The number of fused-ring (bicyclic) bond motifs is 1. The Morgan fingerprint density at radius 1 is 1.30 bits per heavy atom. The molecule has 2 aromatic rings. The Hall–Kier alpha value is -2.47. The lowest BCUT2D eigenvalue weighted by Crippen LogP contribution is -2.50. The summed E-state index contributed by atoms with van der Waals surface area (Å²) in [5, 5.41) is 13.1. The first-order valence-electron chi connectivity index (χ1n) is 9.41. The molecule has 4 rings (SSSR count). The number of aromatic nitrogens is 1. The van der Waals surface area contributed by atoms with Crippen LogP contribution in [-0.2, 0) is 9.53 Å². The van der Waals surface area contributed by atoms with E-state index in [4.69, 9.17) is 9.72 Å². The highest BCUT2D eigenvalue weighted by atomic mass is 16.5. The average Bonchev–Trinajstić information content (AvgIpc) is 3.35. The Bertz CT molecular complexity index is 927. The molecule has 0 spiro atoms. The van der Waals surface area contributed by atoms with E-state index >= 15 is 0 Å². The lowest BCUT2D eigenvalue weighted by molar-refractivity contribution is -0.138. The molecule has 1 aliphatic carbocycles. The number of hydrogen-bond acceptors (Lipinski definition) is 4. The van der Waals surface area contributed by atoms with Crippen LogP contribution in [0.3, 0.4) is 0 Å². The van der Waals surface area contributed by atoms with Crippen molar-refractivity contribution in [2.75, 3.05) is 13.2 Å². The van der Waals surface area contributed by atoms with E-state index < -0.39 is 11.5 Å². The molecule has 2 heterocycles. The maximum Gasteiger partial charge on any atom is 0.305 e. The Labute approximate surface area is 157 Å². The number of amides is 1. The number of benzene rings is 1. The number of carboxylic acids is 1. The second kappa shape index (κ2) is 6.60. The molecule has 1 atom stereocenters. The molecule has 6 nitrogen and oxygen atoms in total. The predicted molar refractivity (Wildman–Crippen MR) is 101 cm³/mol. The van der Waals surface area contributed by atoms with Crippen molar-refractivity contribution in [3.63, 3.8) is 0 Å². The van der Waals surface area contributed by atoms with Crippen molar-refractivity contribution in [3.05, 3.63) is 40.6 Å². The van der Waals surface area contributed by atoms with E-state index in [1.54, 1.807) is 0 Å². The summed E-state index contributed by atoms with van der Waals surface area (Å²) in [6, 6.07) is 5.94. The summed E-state index contributed by atoms with van der Waals surface area (Å²) in [6.07, 6.45) is 2.55. The first kappa shape index (κ1) is 17.9. The molecule has 1 unspecified atom stereocenters. The number of hydrogen-bond donors (Lipinski definition) is 2. The molecule has 0 radical (unpaired) electrons. The Kier molecular flexibility index (Phi) is 4.38. The van der Waals surface area contributed by atoms with E-state index in [1.165, 1.54) is 0 Å². The highest BCUT2D eigenvalue weighted by Crippen LogP contribution is 2.40. The topological polar surface area (TPSA) is 88.5 Å². The van der Waals surface area contributed by atoms with Gasteiger partial charge in [-0.25, -0.2) is 0 Å². The summed E-state index contributed by atoms with van der Waals surface area (Å²) < 4.78 is 5.41. The number of carbonyl (C=O) groups excluding carboxylic acids is 1. The van der Waals surface area contributed by atoms with Crippen LogP contribution in [0.1, 0.15) is 58.8 Å². The van der Waals surface area contributed by atoms with Gasteiger partial charge in [-0.1, -0.05) is 11.6 Å². The van der Waals surface area contributed by atoms with Gasteiger partial charge in [0.15, 0.2) is 0 Å². The molecule has 1 saturated carbocycles. The van der Waals surface area contributed by atoms with Crippen LogP contribution in [0.15, 0.2) is 18.2 Å². The van der Waals surface area contributed by atoms with Crippen LogP contribution in [-0.4, -0.2) is 40.7 Å². The van der Waals surface area contributed by atoms with Gasteiger partial charge >= 0.3 is 5.97 Å². The van der Waals surface area contributed by atoms with Crippen molar-refractivity contribution in [2.45, 2.75) is 51.0 Å². The fourth-order valence-corrected chi connectivity index (χ4v) is 3.96. The number of nitrogens with zero attached hydrogens (tertiary/aromatic N) is 1. The van der Waals surface area contributed by atoms with E-state index in [1.807, 2.05) is 26.0 Å². The SMILES string of the molecule is Cc1cc(C)c2nc(C3CC3)cc(C(=O)NC3(CC(=O)O)CCOC3)c2c1. The third-order valence-electron chi connectivity index (χ3n) is 5.48. The molecule has 142 valence electrons. The maximum absolute atomic E-state index is 13.2. The van der Waals surface area contributed by atoms with E-state index in [-0.39, 0.29) is 18.9 Å². The van der Waals surface area contributed by atoms with Crippen LogP contribution in [0, 0.1) is 13.8 Å². The van der Waals surface area contributed by atoms with Gasteiger partial charge in [0.25, 0.3) is 5.91 Å². The third-order valence-corrected chi connectivity index (χ3v) is 5.48. The van der Waals surface area contributed by atoms with Gasteiger partial charge in [0, 0.05) is 23.6 Å². The molecule has 0 bridgehead atoms. The molecule has 1 amide bonds. The zero-order valence-corrected chi connectivity index (χ0v) is 15.7. The summed E-state index contributed by atoms with van der Waals surface area (Å²) in [5.74, 6) is -0.767. The molecular formula is C21H24N2O4. The largest absolute Gasteiger partial charge is 0.481 e. The van der Waals surface area contributed by atoms with Gasteiger partial charge in [-0.15, -0.1) is 0 Å². The van der Waals surface area contributed by atoms with Crippen LogP contribution in [0.5, 0.6) is 0 Å². The quantitative estimate of drug-likeness (QED) is 0.847. The minimum Gasteiger partial charge on any atom is -0.481 e. The van der Waals surface area contributed by atoms with Crippen LogP contribution >= 0.6 is 0 Å². The van der Waals surface area contributed by atoms with Crippen LogP contribution in [0.25, 0.3) is 10.9 Å². The van der Waals surface area contributed by atoms with Gasteiger partial charge in [0.05, 0.1) is 29.6 Å². The normalized spacial score (nSPS) is 22.1. The first-order chi connectivity index (χ1) is 12.9. The summed E-state index contributed by atoms with van der Waals surface area (Å²) in [6.45, 7) is 4.69. The standard InChI is InChI=1S/C21H24N2O4/c1-12-7-13(2)19-15(8-12)16(9-17(22-19)14-3-4-14)20(26)23-21(10-18(24)25)5-6-27-11-21/h7-9,14H,3-6,10-11H2,1-2H3,(H,23,26)(H,24,25). The van der Waals surface area contributed by atoms with Crippen molar-refractivity contribution in [2.24, 2.45) is 0 Å². The number of nitrogens with one attached hydrogen (secondary N) is 1. The van der Waals surface area contributed by atoms with E-state index in [0.29, 0.717) is 24.5 Å². The van der Waals surface area contributed by atoms with Crippen molar-refractivity contribution >= 4 is 22.8 Å². The lowest BCUT2D eigenvalue weighted by atomic mass is 9.93. The minimum atomic E-state index is -0.939. The fraction of sp³-hybridized carbons (Fsp3) is 0.476. The third kappa shape index (κ3) is 3.54. The fourth-order valence-electron chi connectivity index (χ4n) is 3.96. The molecule has 1 aromatic carbocycles. The van der Waals surface area contributed by atoms with Crippen LogP contribution in [0.2, 0.25) is 0 Å². The van der Waals surface area contributed by atoms with Gasteiger partial charge < -0.3 is 15.2 Å². The molecule has 27 heavy (non-hydrogen) atoms. The zero-order chi connectivity index (χ0) is 19.2. The average molecular weight is 368 g/mol. The predicted octanol–water partition coefficient (Wildman–Crippen LogP) is 3.09. The molecule has 2 aliphatic rings. The number of carbonyl (C=O) groups is 2. The van der Waals surface area contributed by atoms with E-state index in [2.05, 4.69) is 11.4 Å². The van der Waals surface area contributed by atoms with Gasteiger partial charge in [-0.05, 0) is 50.8 Å². The van der Waals surface area contributed by atoms with Gasteiger partial charge in [-0.2, -0.15) is 0 Å². The molecule has 1 aliphatic heterocycles. The Balaban J connectivity index is 1.77. The highest BCUT2D eigenvalue weighted by molar-refractivity contribution is 6.07. The van der Waals surface area contributed by atoms with Gasteiger partial charge in [0.1, 0.15) is 0 Å². The lowest BCUT2D eigenvalue weighted by Gasteiger charge is -2.27. The summed E-state index contributed by atoms with van der Waals surface area (Å²) in [4.78, 5) is 29.4. The van der Waals surface area contributed by atoms with Crippen molar-refractivity contribution in [3.8, 4) is 0 Å². The number of rotatable bonds is 5. The number of ether oxygens (including phenoxy) is 1. The van der Waals surface area contributed by atoms with Crippen molar-refractivity contribution in [1.82, 2.24) is 10.3 Å². The van der Waals surface area contributed by atoms with E-state index in [9.17, 15) is 14.7 Å². The monoisotopic (exact) mass is 368 g/mol. The van der Waals surface area contributed by atoms with Gasteiger partial charge in [0.2, 0.25) is 0 Å². The molecule has 6 heteroatoms. The number of carboxylic acid groups (broad SMARTS) is 1.